The summed E-state index contributed by atoms with van der Waals surface area (Å²) in [5.74, 6) is 1.54. The van der Waals surface area contributed by atoms with Crippen LogP contribution in [0.5, 0.6) is 11.5 Å². The minimum atomic E-state index is -0.101. The zero-order valence-corrected chi connectivity index (χ0v) is 17.7. The molecule has 0 heterocycles. The molecule has 0 aromatic heterocycles. The van der Waals surface area contributed by atoms with Crippen LogP contribution in [0.15, 0.2) is 48.5 Å². The number of rotatable bonds is 14. The molecule has 158 valence electrons. The first kappa shape index (κ1) is 22.6. The highest BCUT2D eigenvalue weighted by molar-refractivity contribution is 5.93. The van der Waals surface area contributed by atoms with Gasteiger partial charge in [-0.05, 0) is 49.2 Å². The SMILES string of the molecule is CCCCCCOc1ccc(NC(=O)CNc2cccc(OCCCC)c2)cc1. The number of hydrogen-bond donors (Lipinski definition) is 2. The van der Waals surface area contributed by atoms with Gasteiger partial charge in [0.15, 0.2) is 0 Å². The van der Waals surface area contributed by atoms with Crippen LogP contribution < -0.4 is 20.1 Å². The Morgan fingerprint density at radius 3 is 2.28 bits per heavy atom. The van der Waals surface area contributed by atoms with Crippen LogP contribution in [0.3, 0.4) is 0 Å². The maximum atomic E-state index is 12.2. The highest BCUT2D eigenvalue weighted by atomic mass is 16.5. The van der Waals surface area contributed by atoms with Gasteiger partial charge in [-0.2, -0.15) is 0 Å². The first-order valence-electron chi connectivity index (χ1n) is 10.7. The van der Waals surface area contributed by atoms with E-state index in [0.29, 0.717) is 6.61 Å². The third kappa shape index (κ3) is 9.37. The smallest absolute Gasteiger partial charge is 0.243 e. The van der Waals surface area contributed by atoms with Crippen LogP contribution in [0.25, 0.3) is 0 Å². The standard InChI is InChI=1S/C24H34N2O3/c1-3-5-7-8-17-28-22-14-12-20(13-15-22)26-24(27)19-25-21-10-9-11-23(18-21)29-16-6-4-2/h9-15,18,25H,3-8,16-17,19H2,1-2H3,(H,26,27). The molecule has 0 saturated carbocycles. The number of nitrogens with one attached hydrogen (secondary N) is 2. The highest BCUT2D eigenvalue weighted by Gasteiger charge is 2.04. The molecule has 0 fully saturated rings. The van der Waals surface area contributed by atoms with E-state index in [1.54, 1.807) is 0 Å². The molecule has 0 atom stereocenters. The van der Waals surface area contributed by atoms with E-state index in [9.17, 15) is 4.79 Å². The van der Waals surface area contributed by atoms with Crippen LogP contribution in [-0.4, -0.2) is 25.7 Å². The molecule has 2 rings (SSSR count). The summed E-state index contributed by atoms with van der Waals surface area (Å²) >= 11 is 0. The number of carbonyl (C=O) groups is 1. The Balaban J connectivity index is 1.71. The summed E-state index contributed by atoms with van der Waals surface area (Å²) in [6.07, 6.45) is 6.88. The summed E-state index contributed by atoms with van der Waals surface area (Å²) < 4.78 is 11.4. The first-order valence-corrected chi connectivity index (χ1v) is 10.7. The number of hydrogen-bond acceptors (Lipinski definition) is 4. The van der Waals surface area contributed by atoms with Crippen LogP contribution in [0.2, 0.25) is 0 Å². The zero-order chi connectivity index (χ0) is 20.7. The summed E-state index contributed by atoms with van der Waals surface area (Å²) in [7, 11) is 0. The van der Waals surface area contributed by atoms with Crippen molar-refractivity contribution >= 4 is 17.3 Å². The van der Waals surface area contributed by atoms with Gasteiger partial charge in [-0.15, -0.1) is 0 Å². The third-order valence-corrected chi connectivity index (χ3v) is 4.46. The summed E-state index contributed by atoms with van der Waals surface area (Å²) in [4.78, 5) is 12.2. The molecule has 2 N–H and O–H groups in total. The maximum absolute atomic E-state index is 12.2. The summed E-state index contributed by atoms with van der Waals surface area (Å²) in [5.41, 5.74) is 1.62. The average molecular weight is 399 g/mol. The minimum absolute atomic E-state index is 0.101. The Hall–Kier alpha value is -2.69. The van der Waals surface area contributed by atoms with E-state index in [4.69, 9.17) is 9.47 Å². The molecular formula is C24H34N2O3. The molecule has 0 spiro atoms. The van der Waals surface area contributed by atoms with Gasteiger partial charge < -0.3 is 20.1 Å². The van der Waals surface area contributed by atoms with E-state index in [1.807, 2.05) is 48.5 Å². The van der Waals surface area contributed by atoms with Gasteiger partial charge in [0.2, 0.25) is 5.91 Å². The number of amides is 1. The van der Waals surface area contributed by atoms with Crippen LogP contribution in [0.4, 0.5) is 11.4 Å². The van der Waals surface area contributed by atoms with Gasteiger partial charge in [-0.1, -0.05) is 45.6 Å². The summed E-state index contributed by atoms with van der Waals surface area (Å²) in [5, 5.41) is 6.03. The fourth-order valence-electron chi connectivity index (χ4n) is 2.77. The van der Waals surface area contributed by atoms with Gasteiger partial charge in [0.25, 0.3) is 0 Å². The molecule has 2 aromatic rings. The molecule has 0 saturated heterocycles. The first-order chi connectivity index (χ1) is 14.2. The predicted octanol–water partition coefficient (Wildman–Crippen LogP) is 5.88. The molecule has 29 heavy (non-hydrogen) atoms. The quantitative estimate of drug-likeness (QED) is 0.390. The Morgan fingerprint density at radius 2 is 1.52 bits per heavy atom. The number of ether oxygens (including phenoxy) is 2. The third-order valence-electron chi connectivity index (χ3n) is 4.46. The van der Waals surface area contributed by atoms with Crippen LogP contribution in [0, 0.1) is 0 Å². The van der Waals surface area contributed by atoms with Crippen molar-refractivity contribution in [1.82, 2.24) is 0 Å². The van der Waals surface area contributed by atoms with E-state index >= 15 is 0 Å². The van der Waals surface area contributed by atoms with Crippen LogP contribution in [0.1, 0.15) is 52.4 Å². The van der Waals surface area contributed by atoms with Crippen LogP contribution in [-0.2, 0) is 4.79 Å². The lowest BCUT2D eigenvalue weighted by atomic mass is 10.2. The van der Waals surface area contributed by atoms with Gasteiger partial charge in [0, 0.05) is 17.4 Å². The van der Waals surface area contributed by atoms with E-state index in [1.165, 1.54) is 19.3 Å². The molecule has 0 radical (unpaired) electrons. The van der Waals surface area contributed by atoms with Crippen molar-refractivity contribution < 1.29 is 14.3 Å². The van der Waals surface area contributed by atoms with Crippen molar-refractivity contribution in [2.75, 3.05) is 30.4 Å². The highest BCUT2D eigenvalue weighted by Crippen LogP contribution is 2.18. The van der Waals surface area contributed by atoms with Crippen molar-refractivity contribution in [3.05, 3.63) is 48.5 Å². The van der Waals surface area contributed by atoms with E-state index in [0.717, 1.165) is 48.7 Å². The molecule has 0 bridgehead atoms. The Bertz CT molecular complexity index is 716. The summed E-state index contributed by atoms with van der Waals surface area (Å²) in [6.45, 7) is 5.96. The van der Waals surface area contributed by atoms with Crippen molar-refractivity contribution in [2.24, 2.45) is 0 Å². The molecule has 5 heteroatoms. The van der Waals surface area contributed by atoms with E-state index in [2.05, 4.69) is 24.5 Å². The lowest BCUT2D eigenvalue weighted by molar-refractivity contribution is -0.114. The van der Waals surface area contributed by atoms with Gasteiger partial charge >= 0.3 is 0 Å². The fourth-order valence-corrected chi connectivity index (χ4v) is 2.77. The second-order valence-electron chi connectivity index (χ2n) is 7.07. The van der Waals surface area contributed by atoms with Crippen molar-refractivity contribution in [1.29, 1.82) is 0 Å². The average Bonchev–Trinajstić information content (AvgIpc) is 2.74. The van der Waals surface area contributed by atoms with E-state index in [-0.39, 0.29) is 12.5 Å². The molecule has 0 aliphatic rings. The van der Waals surface area contributed by atoms with Crippen molar-refractivity contribution in [3.63, 3.8) is 0 Å². The maximum Gasteiger partial charge on any atom is 0.243 e. The van der Waals surface area contributed by atoms with Crippen molar-refractivity contribution in [3.8, 4) is 11.5 Å². The Kier molecular flexibility index (Phi) is 10.5. The largest absolute Gasteiger partial charge is 0.494 e. The monoisotopic (exact) mass is 398 g/mol. The van der Waals surface area contributed by atoms with Gasteiger partial charge in [-0.3, -0.25) is 4.79 Å². The lowest BCUT2D eigenvalue weighted by Crippen LogP contribution is -2.21. The Labute approximate surface area is 174 Å². The fraction of sp³-hybridized carbons (Fsp3) is 0.458. The second-order valence-corrected chi connectivity index (χ2v) is 7.07. The number of anilines is 2. The topological polar surface area (TPSA) is 59.6 Å². The predicted molar refractivity (Wildman–Crippen MR) is 120 cm³/mol. The number of carbonyl (C=O) groups excluding carboxylic acids is 1. The zero-order valence-electron chi connectivity index (χ0n) is 17.7. The number of unbranched alkanes of at least 4 members (excludes halogenated alkanes) is 4. The van der Waals surface area contributed by atoms with Gasteiger partial charge in [-0.25, -0.2) is 0 Å². The van der Waals surface area contributed by atoms with E-state index < -0.39 is 0 Å². The molecule has 0 aliphatic carbocycles. The molecule has 0 aliphatic heterocycles. The van der Waals surface area contributed by atoms with Gasteiger partial charge in [0.1, 0.15) is 11.5 Å². The van der Waals surface area contributed by atoms with Gasteiger partial charge in [0.05, 0.1) is 19.8 Å². The van der Waals surface area contributed by atoms with Crippen molar-refractivity contribution in [2.45, 2.75) is 52.4 Å². The lowest BCUT2D eigenvalue weighted by Gasteiger charge is -2.11. The Morgan fingerprint density at radius 1 is 0.793 bits per heavy atom. The molecule has 5 nitrogen and oxygen atoms in total. The normalized spacial score (nSPS) is 10.4. The summed E-state index contributed by atoms with van der Waals surface area (Å²) in [6, 6.07) is 15.2. The minimum Gasteiger partial charge on any atom is -0.494 e. The van der Waals surface area contributed by atoms with Crippen LogP contribution >= 0.6 is 0 Å². The number of benzene rings is 2. The molecule has 0 unspecified atom stereocenters. The molecule has 1 amide bonds. The second kappa shape index (κ2) is 13.5. The molecule has 2 aromatic carbocycles. The molecular weight excluding hydrogens is 364 g/mol.